The van der Waals surface area contributed by atoms with E-state index in [1.54, 1.807) is 19.1 Å². The van der Waals surface area contributed by atoms with Gasteiger partial charge in [-0.1, -0.05) is 56.0 Å². The van der Waals surface area contributed by atoms with E-state index in [4.69, 9.17) is 9.47 Å². The third-order valence-corrected chi connectivity index (χ3v) is 9.84. The Balaban J connectivity index is 1.57. The first-order chi connectivity index (χ1) is 19.8. The Kier molecular flexibility index (Phi) is 9.00. The molecule has 1 amide bonds. The lowest BCUT2D eigenvalue weighted by atomic mass is 9.79. The van der Waals surface area contributed by atoms with E-state index in [1.807, 2.05) is 50.4 Å². The molecule has 222 valence electrons. The first kappa shape index (κ1) is 29.5. The van der Waals surface area contributed by atoms with Gasteiger partial charge in [-0.15, -0.1) is 0 Å². The lowest BCUT2D eigenvalue weighted by Gasteiger charge is -2.37. The molecule has 41 heavy (non-hydrogen) atoms. The van der Waals surface area contributed by atoms with Crippen molar-refractivity contribution in [3.8, 4) is 5.88 Å². The van der Waals surface area contributed by atoms with Crippen LogP contribution in [0, 0.1) is 11.8 Å². The number of carbonyl (C=O) groups excluding carboxylic acids is 1. The number of nitrogens with one attached hydrogen (secondary N) is 1. The van der Waals surface area contributed by atoms with Gasteiger partial charge in [0, 0.05) is 43.3 Å². The highest BCUT2D eigenvalue weighted by Gasteiger charge is 2.59. The Bertz CT molecular complexity index is 1210. The Morgan fingerprint density at radius 3 is 2.32 bits per heavy atom. The maximum atomic E-state index is 14.3. The SMILES string of the molecule is COc1ncc(C2CCC2)cc1CN[C@H]1[C@H](C(C)(C)OC)[C@@H](C(=O)O)N(C(=O)C2CCCCC2)[C@H]1c1ccccc1. The number of ether oxygens (including phenoxy) is 2. The second-order valence-electron chi connectivity index (χ2n) is 12.5. The van der Waals surface area contributed by atoms with Crippen molar-refractivity contribution in [3.05, 3.63) is 59.3 Å². The highest BCUT2D eigenvalue weighted by Crippen LogP contribution is 2.48. The summed E-state index contributed by atoms with van der Waals surface area (Å²) < 4.78 is 11.6. The first-order valence-electron chi connectivity index (χ1n) is 15.2. The number of hydrogen-bond donors (Lipinski definition) is 2. The molecule has 2 aliphatic carbocycles. The zero-order valence-corrected chi connectivity index (χ0v) is 24.8. The van der Waals surface area contributed by atoms with Gasteiger partial charge >= 0.3 is 5.97 Å². The van der Waals surface area contributed by atoms with E-state index in [1.165, 1.54) is 24.8 Å². The van der Waals surface area contributed by atoms with Crippen LogP contribution in [0.25, 0.3) is 0 Å². The quantitative estimate of drug-likeness (QED) is 0.395. The summed E-state index contributed by atoms with van der Waals surface area (Å²) in [6.07, 6.45) is 10.2. The Morgan fingerprint density at radius 2 is 1.73 bits per heavy atom. The van der Waals surface area contributed by atoms with E-state index in [0.29, 0.717) is 18.3 Å². The van der Waals surface area contributed by atoms with Crippen molar-refractivity contribution in [2.24, 2.45) is 11.8 Å². The third kappa shape index (κ3) is 5.86. The number of aliphatic carboxylic acids is 1. The van der Waals surface area contributed by atoms with Gasteiger partial charge in [0.2, 0.25) is 11.8 Å². The van der Waals surface area contributed by atoms with Gasteiger partial charge < -0.3 is 24.8 Å². The molecule has 2 saturated carbocycles. The van der Waals surface area contributed by atoms with Crippen LogP contribution in [0.15, 0.2) is 42.6 Å². The molecule has 1 aliphatic heterocycles. The molecular formula is C33H45N3O5. The normalized spacial score (nSPS) is 25.6. The molecule has 2 aromatic rings. The zero-order valence-electron chi connectivity index (χ0n) is 24.8. The van der Waals surface area contributed by atoms with E-state index >= 15 is 0 Å². The predicted octanol–water partition coefficient (Wildman–Crippen LogP) is 5.47. The van der Waals surface area contributed by atoms with E-state index in [0.717, 1.165) is 43.2 Å². The van der Waals surface area contributed by atoms with Gasteiger partial charge in [-0.05, 0) is 62.6 Å². The Labute approximate surface area is 243 Å². The van der Waals surface area contributed by atoms with Crippen LogP contribution in [0.2, 0.25) is 0 Å². The topological polar surface area (TPSA) is 101 Å². The fraction of sp³-hybridized carbons (Fsp3) is 0.606. The molecule has 2 heterocycles. The van der Waals surface area contributed by atoms with Crippen molar-refractivity contribution in [2.75, 3.05) is 14.2 Å². The fourth-order valence-corrected chi connectivity index (χ4v) is 7.24. The monoisotopic (exact) mass is 563 g/mol. The van der Waals surface area contributed by atoms with Gasteiger partial charge in [-0.3, -0.25) is 4.79 Å². The maximum Gasteiger partial charge on any atom is 0.326 e. The number of rotatable bonds is 10. The largest absolute Gasteiger partial charge is 0.481 e. The van der Waals surface area contributed by atoms with Crippen molar-refractivity contribution >= 4 is 11.9 Å². The number of carbonyl (C=O) groups is 2. The van der Waals surface area contributed by atoms with E-state index < -0.39 is 35.6 Å². The molecule has 1 aromatic heterocycles. The molecule has 0 radical (unpaired) electrons. The molecule has 3 aliphatic rings. The molecule has 0 spiro atoms. The number of hydrogen-bond acceptors (Lipinski definition) is 6. The summed E-state index contributed by atoms with van der Waals surface area (Å²) in [4.78, 5) is 33.7. The molecule has 3 fully saturated rings. The van der Waals surface area contributed by atoms with Crippen molar-refractivity contribution < 1.29 is 24.2 Å². The van der Waals surface area contributed by atoms with Crippen LogP contribution < -0.4 is 10.1 Å². The summed E-state index contributed by atoms with van der Waals surface area (Å²) in [5.74, 6) is -0.654. The molecule has 1 saturated heterocycles. The summed E-state index contributed by atoms with van der Waals surface area (Å²) >= 11 is 0. The van der Waals surface area contributed by atoms with Crippen molar-refractivity contribution in [1.29, 1.82) is 0 Å². The van der Waals surface area contributed by atoms with Crippen LogP contribution in [0.1, 0.15) is 93.9 Å². The van der Waals surface area contributed by atoms with Crippen LogP contribution >= 0.6 is 0 Å². The molecule has 5 rings (SSSR count). The molecular weight excluding hydrogens is 518 g/mol. The molecule has 4 atom stereocenters. The lowest BCUT2D eigenvalue weighted by Crippen LogP contribution is -2.53. The van der Waals surface area contributed by atoms with Crippen LogP contribution in [-0.4, -0.2) is 58.8 Å². The average Bonchev–Trinajstić information content (AvgIpc) is 3.32. The number of aromatic nitrogens is 1. The summed E-state index contributed by atoms with van der Waals surface area (Å²) in [7, 11) is 3.24. The van der Waals surface area contributed by atoms with Gasteiger partial charge in [0.1, 0.15) is 6.04 Å². The third-order valence-electron chi connectivity index (χ3n) is 9.84. The second kappa shape index (κ2) is 12.5. The highest BCUT2D eigenvalue weighted by molar-refractivity contribution is 5.87. The Hall–Kier alpha value is -2.97. The molecule has 1 aromatic carbocycles. The maximum absolute atomic E-state index is 14.3. The van der Waals surface area contributed by atoms with Crippen LogP contribution in [0.5, 0.6) is 5.88 Å². The summed E-state index contributed by atoms with van der Waals surface area (Å²) in [6, 6.07) is 10.1. The number of methoxy groups -OCH3 is 2. The van der Waals surface area contributed by atoms with E-state index in [9.17, 15) is 14.7 Å². The van der Waals surface area contributed by atoms with Crippen LogP contribution in [0.3, 0.4) is 0 Å². The van der Waals surface area contributed by atoms with Gasteiger partial charge in [-0.25, -0.2) is 9.78 Å². The molecule has 8 nitrogen and oxygen atoms in total. The minimum Gasteiger partial charge on any atom is -0.481 e. The molecule has 0 unspecified atom stereocenters. The number of nitrogens with zero attached hydrogens (tertiary/aromatic N) is 2. The molecule has 0 bridgehead atoms. The van der Waals surface area contributed by atoms with Crippen molar-refractivity contribution in [2.45, 2.75) is 101 Å². The number of likely N-dealkylation sites (tertiary alicyclic amines) is 1. The fourth-order valence-electron chi connectivity index (χ4n) is 7.24. The van der Waals surface area contributed by atoms with Gasteiger partial charge in [0.25, 0.3) is 0 Å². The lowest BCUT2D eigenvalue weighted by molar-refractivity contribution is -0.156. The van der Waals surface area contributed by atoms with Crippen LogP contribution in [-0.2, 0) is 20.9 Å². The minimum absolute atomic E-state index is 0.0571. The molecule has 2 N–H and O–H groups in total. The summed E-state index contributed by atoms with van der Waals surface area (Å²) in [5.41, 5.74) is 2.24. The molecule has 8 heteroatoms. The minimum atomic E-state index is -1.04. The standard InChI is InChI=1S/C33H45N3O5/c1-33(2,41-4)26-27(34-20-25-18-24(21-16-11-17-21)19-35-30(25)40-3)28(22-12-7-5-8-13-22)36(29(26)32(38)39)31(37)23-14-9-6-10-15-23/h5,7-8,12-13,18-19,21,23,26-29,34H,6,9-11,14-17,20H2,1-4H3,(H,38,39)/t26-,27-,28-,29-/m0/s1. The van der Waals surface area contributed by atoms with Gasteiger partial charge in [0.15, 0.2) is 0 Å². The predicted molar refractivity (Wildman–Crippen MR) is 157 cm³/mol. The average molecular weight is 564 g/mol. The highest BCUT2D eigenvalue weighted by atomic mass is 16.5. The summed E-state index contributed by atoms with van der Waals surface area (Å²) in [5, 5.41) is 14.5. The van der Waals surface area contributed by atoms with Crippen LogP contribution in [0.4, 0.5) is 0 Å². The smallest absolute Gasteiger partial charge is 0.326 e. The number of carboxylic acid groups (broad SMARTS) is 1. The second-order valence-corrected chi connectivity index (χ2v) is 12.5. The zero-order chi connectivity index (χ0) is 29.1. The van der Waals surface area contributed by atoms with E-state index in [2.05, 4.69) is 16.4 Å². The van der Waals surface area contributed by atoms with Gasteiger partial charge in [0.05, 0.1) is 18.8 Å². The van der Waals surface area contributed by atoms with Gasteiger partial charge in [-0.2, -0.15) is 0 Å². The first-order valence-corrected chi connectivity index (χ1v) is 15.2. The number of benzene rings is 1. The Morgan fingerprint density at radius 1 is 1.02 bits per heavy atom. The van der Waals surface area contributed by atoms with Crippen molar-refractivity contribution in [1.82, 2.24) is 15.2 Å². The number of carboxylic acids is 1. The number of amides is 1. The van der Waals surface area contributed by atoms with Crippen molar-refractivity contribution in [3.63, 3.8) is 0 Å². The summed E-state index contributed by atoms with van der Waals surface area (Å²) in [6.45, 7) is 4.29. The number of pyridine rings is 1. The van der Waals surface area contributed by atoms with E-state index in [-0.39, 0.29) is 11.8 Å².